The number of pyridine rings is 1. The third kappa shape index (κ3) is 3.11. The zero-order valence-electron chi connectivity index (χ0n) is 12.5. The first-order chi connectivity index (χ1) is 11.3. The monoisotopic (exact) mass is 354 g/mol. The second-order valence-corrected chi connectivity index (χ2v) is 6.08. The van der Waals surface area contributed by atoms with Crippen LogP contribution >= 0.6 is 11.8 Å². The van der Waals surface area contributed by atoms with Gasteiger partial charge in [0.15, 0.2) is 0 Å². The molecule has 24 heavy (non-hydrogen) atoms. The van der Waals surface area contributed by atoms with Gasteiger partial charge in [0, 0.05) is 11.8 Å². The number of halogens is 3. The average Bonchev–Trinajstić information content (AvgIpc) is 2.99. The highest BCUT2D eigenvalue weighted by Crippen LogP contribution is 2.39. The minimum atomic E-state index is -4.90. The van der Waals surface area contributed by atoms with Gasteiger partial charge in [-0.2, -0.15) is 13.2 Å². The molecule has 0 saturated carbocycles. The van der Waals surface area contributed by atoms with Crippen LogP contribution in [0.5, 0.6) is 0 Å². The molecule has 126 valence electrons. The Morgan fingerprint density at radius 1 is 1.08 bits per heavy atom. The maximum Gasteiger partial charge on any atom is 0.458 e. The largest absolute Gasteiger partial charge is 0.458 e. The van der Waals surface area contributed by atoms with E-state index >= 15 is 0 Å². The van der Waals surface area contributed by atoms with Gasteiger partial charge < -0.3 is 9.94 Å². The summed E-state index contributed by atoms with van der Waals surface area (Å²) in [5, 5.41) is 13.8. The Morgan fingerprint density at radius 2 is 1.71 bits per heavy atom. The van der Waals surface area contributed by atoms with Crippen molar-refractivity contribution in [3.05, 3.63) is 48.2 Å². The molecule has 0 bridgehead atoms. The summed E-state index contributed by atoms with van der Waals surface area (Å²) in [7, 11) is 0. The van der Waals surface area contributed by atoms with Gasteiger partial charge >= 0.3 is 12.0 Å². The Labute approximate surface area is 140 Å². The van der Waals surface area contributed by atoms with Crippen LogP contribution in [0.2, 0.25) is 0 Å². The number of aliphatic hydroxyl groups is 1. The van der Waals surface area contributed by atoms with Crippen molar-refractivity contribution in [2.45, 2.75) is 23.4 Å². The second-order valence-electron chi connectivity index (χ2n) is 5.25. The predicted molar refractivity (Wildman–Crippen MR) is 84.7 cm³/mol. The number of thioether (sulfide) groups is 1. The van der Waals surface area contributed by atoms with Crippen LogP contribution in [-0.4, -0.2) is 34.0 Å². The number of nitrogens with zero attached hydrogens (tertiary/aromatic N) is 2. The van der Waals surface area contributed by atoms with E-state index in [1.165, 1.54) is 11.8 Å². The van der Waals surface area contributed by atoms with Crippen LogP contribution in [0.1, 0.15) is 12.0 Å². The van der Waals surface area contributed by atoms with Crippen molar-refractivity contribution in [2.75, 3.05) is 6.26 Å². The van der Waals surface area contributed by atoms with Crippen molar-refractivity contribution in [1.82, 2.24) is 4.98 Å². The molecular formula is C16H13F3N2O2S. The van der Waals surface area contributed by atoms with E-state index in [4.69, 9.17) is 0 Å². The molecule has 8 heteroatoms. The van der Waals surface area contributed by atoms with Crippen LogP contribution in [-0.2, 0) is 4.84 Å². The molecule has 0 amide bonds. The zero-order valence-corrected chi connectivity index (χ0v) is 13.4. The van der Waals surface area contributed by atoms with Gasteiger partial charge in [0.25, 0.3) is 0 Å². The van der Waals surface area contributed by atoms with E-state index in [0.717, 1.165) is 16.2 Å². The first-order valence-electron chi connectivity index (χ1n) is 6.97. The van der Waals surface area contributed by atoms with E-state index in [2.05, 4.69) is 15.0 Å². The first kappa shape index (κ1) is 16.8. The number of alkyl halides is 3. The lowest BCUT2D eigenvalue weighted by Crippen LogP contribution is -2.45. The quantitative estimate of drug-likeness (QED) is 0.851. The molecule has 2 aromatic rings. The molecule has 1 aliphatic rings. The molecule has 0 radical (unpaired) electrons. The average molecular weight is 354 g/mol. The summed E-state index contributed by atoms with van der Waals surface area (Å²) in [5.74, 6) is -3.25. The fraction of sp³-hybridized carbons (Fsp3) is 0.250. The molecular weight excluding hydrogens is 341 g/mol. The topological polar surface area (TPSA) is 54.7 Å². The number of rotatable bonds is 3. The molecule has 1 aliphatic heterocycles. The number of benzene rings is 1. The Morgan fingerprint density at radius 3 is 2.21 bits per heavy atom. The standard InChI is InChI=1S/C16H13F3N2O2S/c1-24-14-7-6-12(9-20-14)10-2-4-11(5-3-10)13-8-15(22,23-21-13)16(17,18)19/h2-7,9,22H,8H2,1H3. The predicted octanol–water partition coefficient (Wildman–Crippen LogP) is 3.85. The maximum absolute atomic E-state index is 12.7. The van der Waals surface area contributed by atoms with Crippen LogP contribution in [0.3, 0.4) is 0 Å². The van der Waals surface area contributed by atoms with E-state index in [0.29, 0.717) is 5.56 Å². The fourth-order valence-corrected chi connectivity index (χ4v) is 2.62. The van der Waals surface area contributed by atoms with Crippen LogP contribution in [0.15, 0.2) is 52.8 Å². The molecule has 1 N–H and O–H groups in total. The van der Waals surface area contributed by atoms with E-state index in [1.54, 1.807) is 30.5 Å². The summed E-state index contributed by atoms with van der Waals surface area (Å²) in [6.45, 7) is 0. The molecule has 2 heterocycles. The van der Waals surface area contributed by atoms with Crippen LogP contribution in [0, 0.1) is 0 Å². The summed E-state index contributed by atoms with van der Waals surface area (Å²) >= 11 is 1.54. The molecule has 1 atom stereocenters. The Hall–Kier alpha value is -2.06. The number of hydrogen-bond acceptors (Lipinski definition) is 5. The minimum Gasteiger partial charge on any atom is -0.350 e. The summed E-state index contributed by atoms with van der Waals surface area (Å²) in [5.41, 5.74) is 2.30. The lowest BCUT2D eigenvalue weighted by atomic mass is 9.99. The Balaban J connectivity index is 1.78. The summed E-state index contributed by atoms with van der Waals surface area (Å²) < 4.78 is 38.2. The van der Waals surface area contributed by atoms with Crippen LogP contribution in [0.25, 0.3) is 11.1 Å². The van der Waals surface area contributed by atoms with Crippen molar-refractivity contribution in [3.63, 3.8) is 0 Å². The number of oxime groups is 1. The molecule has 4 nitrogen and oxygen atoms in total. The molecule has 0 saturated heterocycles. The molecule has 1 aromatic carbocycles. The molecule has 0 fully saturated rings. The summed E-state index contributed by atoms with van der Waals surface area (Å²) in [6, 6.07) is 10.6. The maximum atomic E-state index is 12.7. The highest BCUT2D eigenvalue weighted by Gasteiger charge is 2.60. The molecule has 1 unspecified atom stereocenters. The van der Waals surface area contributed by atoms with Gasteiger partial charge in [-0.1, -0.05) is 35.5 Å². The van der Waals surface area contributed by atoms with Crippen LogP contribution in [0.4, 0.5) is 13.2 Å². The minimum absolute atomic E-state index is 0.0530. The van der Waals surface area contributed by atoms with Gasteiger partial charge in [-0.15, -0.1) is 11.8 Å². The zero-order chi connectivity index (χ0) is 17.4. The lowest BCUT2D eigenvalue weighted by Gasteiger charge is -2.22. The van der Waals surface area contributed by atoms with E-state index in [-0.39, 0.29) is 5.71 Å². The number of hydrogen-bond donors (Lipinski definition) is 1. The van der Waals surface area contributed by atoms with E-state index in [9.17, 15) is 18.3 Å². The third-order valence-electron chi connectivity index (χ3n) is 3.65. The van der Waals surface area contributed by atoms with Crippen molar-refractivity contribution < 1.29 is 23.1 Å². The highest BCUT2D eigenvalue weighted by atomic mass is 32.2. The molecule has 3 rings (SSSR count). The van der Waals surface area contributed by atoms with Crippen molar-refractivity contribution >= 4 is 17.5 Å². The highest BCUT2D eigenvalue weighted by molar-refractivity contribution is 7.98. The van der Waals surface area contributed by atoms with E-state index in [1.807, 2.05) is 18.4 Å². The normalized spacial score (nSPS) is 20.6. The van der Waals surface area contributed by atoms with Crippen molar-refractivity contribution in [3.8, 4) is 11.1 Å². The van der Waals surface area contributed by atoms with Gasteiger partial charge in [-0.25, -0.2) is 4.98 Å². The van der Waals surface area contributed by atoms with Crippen LogP contribution < -0.4 is 0 Å². The van der Waals surface area contributed by atoms with Gasteiger partial charge in [-0.05, 0) is 23.4 Å². The van der Waals surface area contributed by atoms with Crippen molar-refractivity contribution in [1.29, 1.82) is 0 Å². The smallest absolute Gasteiger partial charge is 0.350 e. The first-order valence-corrected chi connectivity index (χ1v) is 8.20. The summed E-state index contributed by atoms with van der Waals surface area (Å²) in [4.78, 5) is 8.50. The molecule has 0 spiro atoms. The second kappa shape index (κ2) is 6.10. The summed E-state index contributed by atoms with van der Waals surface area (Å²) in [6.07, 6.45) is -1.97. The van der Waals surface area contributed by atoms with Gasteiger partial charge in [-0.3, -0.25) is 0 Å². The number of aromatic nitrogens is 1. The Kier molecular flexibility index (Phi) is 4.27. The lowest BCUT2D eigenvalue weighted by molar-refractivity contribution is -0.355. The van der Waals surface area contributed by atoms with Crippen molar-refractivity contribution in [2.24, 2.45) is 5.16 Å². The fourth-order valence-electron chi connectivity index (χ4n) is 2.26. The van der Waals surface area contributed by atoms with Gasteiger partial charge in [0.2, 0.25) is 0 Å². The SMILES string of the molecule is CSc1ccc(-c2ccc(C3=NOC(O)(C(F)(F)F)C3)cc2)cn1. The molecule has 1 aromatic heterocycles. The van der Waals surface area contributed by atoms with E-state index < -0.39 is 18.4 Å². The van der Waals surface area contributed by atoms with Gasteiger partial charge in [0.1, 0.15) is 0 Å². The molecule has 0 aliphatic carbocycles. The third-order valence-corrected chi connectivity index (χ3v) is 4.31. The van der Waals surface area contributed by atoms with Gasteiger partial charge in [0.05, 0.1) is 17.2 Å². The Bertz CT molecular complexity index is 760.